The molecule has 0 fully saturated rings. The highest BCUT2D eigenvalue weighted by Gasteiger charge is 2.20. The average Bonchev–Trinajstić information content (AvgIpc) is 1.87. The molecule has 0 radical (unpaired) electrons. The second kappa shape index (κ2) is 4.51. The number of halogens is 1. The Hall–Kier alpha value is 0.650. The molecule has 0 aliphatic carbocycles. The van der Waals surface area contributed by atoms with E-state index >= 15 is 0 Å². The van der Waals surface area contributed by atoms with Crippen LogP contribution in [-0.2, 0) is 9.47 Å². The quantitative estimate of drug-likeness (QED) is 0.568. The number of hydrogen-bond acceptors (Lipinski definition) is 2. The summed E-state index contributed by atoms with van der Waals surface area (Å²) in [5.74, 6) is 0. The van der Waals surface area contributed by atoms with Gasteiger partial charge >= 0.3 is 0 Å². The Morgan fingerprint density at radius 3 is 2.20 bits per heavy atom. The van der Waals surface area contributed by atoms with E-state index in [0.29, 0.717) is 0 Å². The van der Waals surface area contributed by atoms with Gasteiger partial charge in [0, 0.05) is 20.6 Å². The summed E-state index contributed by atoms with van der Waals surface area (Å²) in [6.07, 6.45) is 0.917. The summed E-state index contributed by atoms with van der Waals surface area (Å²) in [4.78, 5) is 0. The van der Waals surface area contributed by atoms with Crippen LogP contribution in [0.15, 0.2) is 0 Å². The van der Waals surface area contributed by atoms with E-state index in [1.807, 2.05) is 0 Å². The molecule has 2 nitrogen and oxygen atoms in total. The number of rotatable bonds is 4. The Morgan fingerprint density at radius 2 is 1.90 bits per heavy atom. The molecule has 0 aliphatic heterocycles. The van der Waals surface area contributed by atoms with Crippen LogP contribution >= 0.6 is 22.6 Å². The maximum Gasteiger partial charge on any atom is 0.111 e. The second-order valence-electron chi connectivity index (χ2n) is 2.81. The molecule has 0 spiro atoms. The van der Waals surface area contributed by atoms with Gasteiger partial charge in [-0.2, -0.15) is 0 Å². The Morgan fingerprint density at radius 1 is 1.40 bits per heavy atom. The van der Waals surface area contributed by atoms with Gasteiger partial charge in [0.1, 0.15) is 4.11 Å². The summed E-state index contributed by atoms with van der Waals surface area (Å²) in [5, 5.41) is 0. The molecule has 10 heavy (non-hydrogen) atoms. The molecule has 0 amide bonds. The zero-order valence-corrected chi connectivity index (χ0v) is 9.14. The van der Waals surface area contributed by atoms with Gasteiger partial charge in [-0.05, 0) is 13.8 Å². The number of alkyl halides is 1. The predicted molar refractivity (Wildman–Crippen MR) is 50.5 cm³/mol. The van der Waals surface area contributed by atoms with Crippen molar-refractivity contribution in [2.75, 3.05) is 14.2 Å². The normalized spacial score (nSPS) is 15.3. The molecule has 1 atom stereocenters. The van der Waals surface area contributed by atoms with Gasteiger partial charge in [0.15, 0.2) is 0 Å². The predicted octanol–water partition coefficient (Wildman–Crippen LogP) is 2.21. The first-order valence-electron chi connectivity index (χ1n) is 3.24. The lowest BCUT2D eigenvalue weighted by Crippen LogP contribution is -2.26. The fraction of sp³-hybridized carbons (Fsp3) is 1.00. The van der Waals surface area contributed by atoms with Crippen LogP contribution in [0.25, 0.3) is 0 Å². The highest BCUT2D eigenvalue weighted by atomic mass is 127. The summed E-state index contributed by atoms with van der Waals surface area (Å²) in [6, 6.07) is 0. The van der Waals surface area contributed by atoms with Crippen LogP contribution in [0, 0.1) is 0 Å². The third-order valence-corrected chi connectivity index (χ3v) is 2.41. The minimum absolute atomic E-state index is 0.0676. The average molecular weight is 258 g/mol. The van der Waals surface area contributed by atoms with Gasteiger partial charge in [0.2, 0.25) is 0 Å². The van der Waals surface area contributed by atoms with Gasteiger partial charge in [-0.3, -0.25) is 0 Å². The van der Waals surface area contributed by atoms with E-state index in [1.54, 1.807) is 14.2 Å². The van der Waals surface area contributed by atoms with Crippen molar-refractivity contribution in [2.24, 2.45) is 0 Å². The molecular formula is C7H15IO2. The highest BCUT2D eigenvalue weighted by molar-refractivity contribution is 14.1. The smallest absolute Gasteiger partial charge is 0.111 e. The molecule has 0 heterocycles. The third-order valence-electron chi connectivity index (χ3n) is 1.46. The van der Waals surface area contributed by atoms with Gasteiger partial charge in [0.25, 0.3) is 0 Å². The third kappa shape index (κ3) is 4.46. The van der Waals surface area contributed by atoms with Crippen LogP contribution in [0.1, 0.15) is 20.3 Å². The standard InChI is InChI=1S/C7H15IO2/c1-7(2,10-4)5-6(8)9-3/h6H,5H2,1-4H3. The van der Waals surface area contributed by atoms with Crippen LogP contribution < -0.4 is 0 Å². The molecule has 0 bridgehead atoms. The van der Waals surface area contributed by atoms with Crippen molar-refractivity contribution in [3.05, 3.63) is 0 Å². The van der Waals surface area contributed by atoms with E-state index in [1.165, 1.54) is 0 Å². The maximum absolute atomic E-state index is 5.23. The molecular weight excluding hydrogens is 243 g/mol. The zero-order valence-electron chi connectivity index (χ0n) is 6.98. The van der Waals surface area contributed by atoms with Crippen molar-refractivity contribution < 1.29 is 9.47 Å². The monoisotopic (exact) mass is 258 g/mol. The molecule has 0 aromatic carbocycles. The van der Waals surface area contributed by atoms with E-state index in [2.05, 4.69) is 36.4 Å². The van der Waals surface area contributed by atoms with Crippen molar-refractivity contribution in [2.45, 2.75) is 30.0 Å². The first-order valence-corrected chi connectivity index (χ1v) is 4.48. The molecule has 0 saturated carbocycles. The minimum atomic E-state index is -0.0676. The zero-order chi connectivity index (χ0) is 8.20. The molecule has 0 saturated heterocycles. The SMILES string of the molecule is COC(I)CC(C)(C)OC. The minimum Gasteiger partial charge on any atom is -0.379 e. The highest BCUT2D eigenvalue weighted by Crippen LogP contribution is 2.20. The Kier molecular flexibility index (Phi) is 4.81. The molecule has 0 N–H and O–H groups in total. The number of methoxy groups -OCH3 is 2. The molecule has 3 heteroatoms. The van der Waals surface area contributed by atoms with Crippen LogP contribution in [0.2, 0.25) is 0 Å². The fourth-order valence-electron chi connectivity index (χ4n) is 0.553. The topological polar surface area (TPSA) is 18.5 Å². The van der Waals surface area contributed by atoms with Crippen molar-refractivity contribution >= 4 is 22.6 Å². The Balaban J connectivity index is 3.64. The first-order chi connectivity index (χ1) is 4.52. The van der Waals surface area contributed by atoms with Gasteiger partial charge in [-0.25, -0.2) is 0 Å². The van der Waals surface area contributed by atoms with Crippen molar-refractivity contribution in [3.8, 4) is 0 Å². The summed E-state index contributed by atoms with van der Waals surface area (Å²) in [7, 11) is 3.43. The molecule has 62 valence electrons. The number of ether oxygens (including phenoxy) is 2. The molecule has 0 aromatic rings. The van der Waals surface area contributed by atoms with E-state index < -0.39 is 0 Å². The van der Waals surface area contributed by atoms with Gasteiger partial charge in [-0.15, -0.1) is 0 Å². The lowest BCUT2D eigenvalue weighted by atomic mass is 10.1. The second-order valence-corrected chi connectivity index (χ2v) is 4.20. The van der Waals surface area contributed by atoms with Gasteiger partial charge in [0.05, 0.1) is 5.60 Å². The lowest BCUT2D eigenvalue weighted by Gasteiger charge is -2.24. The van der Waals surface area contributed by atoms with Crippen LogP contribution in [0.4, 0.5) is 0 Å². The van der Waals surface area contributed by atoms with Crippen LogP contribution in [0.3, 0.4) is 0 Å². The van der Waals surface area contributed by atoms with Gasteiger partial charge in [-0.1, -0.05) is 22.6 Å². The van der Waals surface area contributed by atoms with E-state index in [-0.39, 0.29) is 9.71 Å². The molecule has 0 rings (SSSR count). The first kappa shape index (κ1) is 10.7. The summed E-state index contributed by atoms with van der Waals surface area (Å²) in [6.45, 7) is 4.11. The van der Waals surface area contributed by atoms with E-state index in [9.17, 15) is 0 Å². The summed E-state index contributed by atoms with van der Waals surface area (Å²) >= 11 is 2.25. The van der Waals surface area contributed by atoms with Gasteiger partial charge < -0.3 is 9.47 Å². The number of hydrogen-bond donors (Lipinski definition) is 0. The van der Waals surface area contributed by atoms with E-state index in [4.69, 9.17) is 9.47 Å². The molecule has 0 aromatic heterocycles. The largest absolute Gasteiger partial charge is 0.379 e. The maximum atomic E-state index is 5.23. The van der Waals surface area contributed by atoms with Crippen LogP contribution in [-0.4, -0.2) is 23.9 Å². The summed E-state index contributed by atoms with van der Waals surface area (Å²) in [5.41, 5.74) is -0.0676. The Labute approximate surface area is 76.4 Å². The lowest BCUT2D eigenvalue weighted by molar-refractivity contribution is -0.00681. The van der Waals surface area contributed by atoms with Crippen molar-refractivity contribution in [1.29, 1.82) is 0 Å². The fourth-order valence-corrected chi connectivity index (χ4v) is 1.61. The molecule has 0 aliphatic rings. The van der Waals surface area contributed by atoms with Crippen LogP contribution in [0.5, 0.6) is 0 Å². The summed E-state index contributed by atoms with van der Waals surface area (Å²) < 4.78 is 10.6. The van der Waals surface area contributed by atoms with Crippen molar-refractivity contribution in [1.82, 2.24) is 0 Å². The van der Waals surface area contributed by atoms with Crippen molar-refractivity contribution in [3.63, 3.8) is 0 Å². The molecule has 1 unspecified atom stereocenters. The van der Waals surface area contributed by atoms with E-state index in [0.717, 1.165) is 6.42 Å². The Bertz CT molecular complexity index is 93.6.